The van der Waals surface area contributed by atoms with Crippen molar-refractivity contribution in [2.45, 2.75) is 25.0 Å². The minimum atomic E-state index is -0.466. The molecule has 1 aliphatic carbocycles. The summed E-state index contributed by atoms with van der Waals surface area (Å²) in [4.78, 5) is 34.7. The van der Waals surface area contributed by atoms with Crippen LogP contribution in [0.15, 0.2) is 29.9 Å². The molecule has 150 valence electrons. The first-order valence-electron chi connectivity index (χ1n) is 9.36. The number of nitrogens with two attached hydrogens (primary N) is 1. The van der Waals surface area contributed by atoms with Crippen molar-refractivity contribution in [3.63, 3.8) is 0 Å². The fraction of sp³-hybridized carbons (Fsp3) is 0.368. The average molecular weight is 430 g/mol. The van der Waals surface area contributed by atoms with Crippen LogP contribution >= 0.6 is 22.7 Å². The molecular formula is C19H19N5O3S2. The Bertz CT molecular complexity index is 1070. The number of nitrogens with zero attached hydrogens (tertiary/aromatic N) is 3. The molecule has 2 aromatic heterocycles. The van der Waals surface area contributed by atoms with E-state index < -0.39 is 5.91 Å². The van der Waals surface area contributed by atoms with E-state index in [0.717, 1.165) is 33.9 Å². The number of thiazole rings is 2. The summed E-state index contributed by atoms with van der Waals surface area (Å²) in [5.74, 6) is 0.399. The molecule has 0 bridgehead atoms. The first-order valence-corrected chi connectivity index (χ1v) is 11.1. The smallest absolute Gasteiger partial charge is 0.260 e. The summed E-state index contributed by atoms with van der Waals surface area (Å²) in [5.41, 5.74) is 7.97. The summed E-state index contributed by atoms with van der Waals surface area (Å²) in [5, 5.41) is 3.86. The number of primary amides is 1. The second-order valence-corrected chi connectivity index (χ2v) is 9.24. The lowest BCUT2D eigenvalue weighted by Gasteiger charge is -2.41. The molecule has 5 rings (SSSR count). The maximum atomic E-state index is 12.5. The van der Waals surface area contributed by atoms with Gasteiger partial charge in [0.1, 0.15) is 22.2 Å². The zero-order valence-corrected chi connectivity index (χ0v) is 17.0. The van der Waals surface area contributed by atoms with Crippen LogP contribution in [0.5, 0.6) is 5.75 Å². The SMILES string of the molecule is NC(=O)c1cnc(N2CC(NC(=O)C3CC(Oc4cccc5scnc45)C3)C2)s1. The molecule has 2 amide bonds. The lowest BCUT2D eigenvalue weighted by atomic mass is 9.81. The highest BCUT2D eigenvalue weighted by Crippen LogP contribution is 2.35. The normalized spacial score (nSPS) is 21.4. The van der Waals surface area contributed by atoms with Crippen molar-refractivity contribution in [3.05, 3.63) is 34.8 Å². The number of nitrogens with one attached hydrogen (secondary N) is 1. The summed E-state index contributed by atoms with van der Waals surface area (Å²) >= 11 is 2.87. The number of fused-ring (bicyclic) bond motifs is 1. The molecule has 10 heteroatoms. The topological polar surface area (TPSA) is 110 Å². The van der Waals surface area contributed by atoms with Gasteiger partial charge in [-0.15, -0.1) is 11.3 Å². The molecule has 0 unspecified atom stereocenters. The van der Waals surface area contributed by atoms with Gasteiger partial charge in [0.25, 0.3) is 5.91 Å². The van der Waals surface area contributed by atoms with Crippen LogP contribution in [0, 0.1) is 5.92 Å². The Balaban J connectivity index is 1.08. The summed E-state index contributed by atoms with van der Waals surface area (Å²) in [7, 11) is 0. The van der Waals surface area contributed by atoms with E-state index in [0.29, 0.717) is 18.0 Å². The molecule has 0 spiro atoms. The summed E-state index contributed by atoms with van der Waals surface area (Å²) in [6.45, 7) is 1.38. The molecule has 1 saturated carbocycles. The number of amides is 2. The summed E-state index contributed by atoms with van der Waals surface area (Å²) < 4.78 is 7.16. The Morgan fingerprint density at radius 2 is 2.07 bits per heavy atom. The predicted molar refractivity (Wildman–Crippen MR) is 112 cm³/mol. The van der Waals surface area contributed by atoms with Gasteiger partial charge in [-0.25, -0.2) is 9.97 Å². The lowest BCUT2D eigenvalue weighted by molar-refractivity contribution is -0.131. The molecular weight excluding hydrogens is 410 g/mol. The Morgan fingerprint density at radius 3 is 2.83 bits per heavy atom. The number of para-hydroxylation sites is 1. The van der Waals surface area contributed by atoms with Gasteiger partial charge >= 0.3 is 0 Å². The molecule has 3 aromatic rings. The van der Waals surface area contributed by atoms with Crippen LogP contribution in [0.25, 0.3) is 10.2 Å². The molecule has 2 fully saturated rings. The van der Waals surface area contributed by atoms with E-state index in [-0.39, 0.29) is 24.0 Å². The van der Waals surface area contributed by atoms with Gasteiger partial charge in [-0.05, 0) is 25.0 Å². The maximum absolute atomic E-state index is 12.5. The average Bonchev–Trinajstić information content (AvgIpc) is 3.29. The number of carbonyl (C=O) groups excluding carboxylic acids is 2. The largest absolute Gasteiger partial charge is 0.488 e. The third kappa shape index (κ3) is 3.53. The number of benzene rings is 1. The third-order valence-electron chi connectivity index (χ3n) is 5.32. The number of anilines is 1. The van der Waals surface area contributed by atoms with Crippen molar-refractivity contribution < 1.29 is 14.3 Å². The van der Waals surface area contributed by atoms with Crippen LogP contribution in [-0.4, -0.2) is 47.0 Å². The number of hydrogen-bond donors (Lipinski definition) is 2. The molecule has 1 aliphatic heterocycles. The van der Waals surface area contributed by atoms with Crippen LogP contribution in [0.4, 0.5) is 5.13 Å². The minimum absolute atomic E-state index is 0.00925. The summed E-state index contributed by atoms with van der Waals surface area (Å²) in [6, 6.07) is 6.03. The Kier molecular flexibility index (Phi) is 4.59. The molecule has 0 atom stereocenters. The van der Waals surface area contributed by atoms with Crippen LogP contribution in [0.1, 0.15) is 22.5 Å². The van der Waals surface area contributed by atoms with Gasteiger partial charge in [0.15, 0.2) is 5.13 Å². The monoisotopic (exact) mass is 429 g/mol. The van der Waals surface area contributed by atoms with Crippen LogP contribution in [0.3, 0.4) is 0 Å². The van der Waals surface area contributed by atoms with Gasteiger partial charge < -0.3 is 20.7 Å². The number of hydrogen-bond acceptors (Lipinski definition) is 8. The first-order chi connectivity index (χ1) is 14.1. The Morgan fingerprint density at radius 1 is 1.24 bits per heavy atom. The zero-order valence-electron chi connectivity index (χ0n) is 15.4. The number of ether oxygens (including phenoxy) is 1. The minimum Gasteiger partial charge on any atom is -0.488 e. The van der Waals surface area contributed by atoms with Gasteiger partial charge in [-0.1, -0.05) is 17.4 Å². The molecule has 3 heterocycles. The fourth-order valence-corrected chi connectivity index (χ4v) is 5.06. The van der Waals surface area contributed by atoms with Crippen LogP contribution < -0.4 is 20.7 Å². The van der Waals surface area contributed by atoms with Gasteiger partial charge in [0.2, 0.25) is 5.91 Å². The van der Waals surface area contributed by atoms with Crippen molar-refractivity contribution >= 4 is 49.8 Å². The number of rotatable bonds is 6. The van der Waals surface area contributed by atoms with Crippen LogP contribution in [0.2, 0.25) is 0 Å². The highest BCUT2D eigenvalue weighted by atomic mass is 32.1. The quantitative estimate of drug-likeness (QED) is 0.620. The van der Waals surface area contributed by atoms with Gasteiger partial charge in [-0.3, -0.25) is 9.59 Å². The van der Waals surface area contributed by atoms with Crippen molar-refractivity contribution in [1.29, 1.82) is 0 Å². The predicted octanol–water partition coefficient (Wildman–Crippen LogP) is 2.01. The lowest BCUT2D eigenvalue weighted by Crippen LogP contribution is -2.61. The van der Waals surface area contributed by atoms with Crippen molar-refractivity contribution in [3.8, 4) is 5.75 Å². The van der Waals surface area contributed by atoms with Crippen LogP contribution in [-0.2, 0) is 4.79 Å². The molecule has 29 heavy (non-hydrogen) atoms. The Labute approximate surface area is 174 Å². The van der Waals surface area contributed by atoms with E-state index in [1.165, 1.54) is 17.5 Å². The van der Waals surface area contributed by atoms with E-state index in [1.807, 2.05) is 28.6 Å². The van der Waals surface area contributed by atoms with Gasteiger partial charge in [-0.2, -0.15) is 0 Å². The maximum Gasteiger partial charge on any atom is 0.260 e. The van der Waals surface area contributed by atoms with Gasteiger partial charge in [0, 0.05) is 19.0 Å². The molecule has 1 saturated heterocycles. The van der Waals surface area contributed by atoms with E-state index in [2.05, 4.69) is 15.3 Å². The fourth-order valence-electron chi connectivity index (χ4n) is 3.58. The second kappa shape index (κ2) is 7.27. The number of aromatic nitrogens is 2. The highest BCUT2D eigenvalue weighted by molar-refractivity contribution is 7.17. The highest BCUT2D eigenvalue weighted by Gasteiger charge is 2.39. The van der Waals surface area contributed by atoms with E-state index in [4.69, 9.17) is 10.5 Å². The second-order valence-electron chi connectivity index (χ2n) is 7.35. The molecule has 3 N–H and O–H groups in total. The third-order valence-corrected chi connectivity index (χ3v) is 7.18. The molecule has 1 aromatic carbocycles. The Hall–Kier alpha value is -2.72. The molecule has 8 nitrogen and oxygen atoms in total. The molecule has 0 radical (unpaired) electrons. The van der Waals surface area contributed by atoms with Crippen molar-refractivity contribution in [2.24, 2.45) is 11.7 Å². The molecule has 2 aliphatic rings. The van der Waals surface area contributed by atoms with E-state index >= 15 is 0 Å². The van der Waals surface area contributed by atoms with Crippen molar-refractivity contribution in [2.75, 3.05) is 18.0 Å². The van der Waals surface area contributed by atoms with E-state index in [1.54, 1.807) is 11.3 Å². The first kappa shape index (κ1) is 18.3. The summed E-state index contributed by atoms with van der Waals surface area (Å²) in [6.07, 6.45) is 2.99. The van der Waals surface area contributed by atoms with Gasteiger partial charge in [0.05, 0.1) is 22.4 Å². The van der Waals surface area contributed by atoms with Crippen molar-refractivity contribution in [1.82, 2.24) is 15.3 Å². The standard InChI is InChI=1S/C19H19N5O3S2/c20-17(25)15-6-21-19(29-15)24-7-11(8-24)23-18(26)10-4-12(5-10)27-13-2-1-3-14-16(13)22-9-28-14/h1-3,6,9-12H,4-5,7-8H2,(H2,20,25)(H,23,26). The van der Waals surface area contributed by atoms with E-state index in [9.17, 15) is 9.59 Å². The number of carbonyl (C=O) groups is 2. The zero-order chi connectivity index (χ0) is 20.0.